The van der Waals surface area contributed by atoms with Gasteiger partial charge in [0, 0.05) is 25.8 Å². The number of piperidine rings is 1. The van der Waals surface area contributed by atoms with Gasteiger partial charge in [-0.1, -0.05) is 6.07 Å². The molecule has 0 spiro atoms. The molecule has 2 heterocycles. The quantitative estimate of drug-likeness (QED) is 0.338. The predicted molar refractivity (Wildman–Crippen MR) is 80.5 cm³/mol. The van der Waals surface area contributed by atoms with Crippen LogP contribution in [0.4, 0.5) is 5.69 Å². The maximum atomic E-state index is 12.8. The number of ether oxygens (including phenoxy) is 1. The van der Waals surface area contributed by atoms with Crippen molar-refractivity contribution in [3.63, 3.8) is 0 Å². The first-order chi connectivity index (χ1) is 12.2. The summed E-state index contributed by atoms with van der Waals surface area (Å²) in [6.45, 7) is 0.964. The zero-order chi connectivity index (χ0) is 19.2. The number of nitrogens with zero attached hydrogens (tertiary/aromatic N) is 2. The first kappa shape index (κ1) is 17.2. The molecule has 4 amide bonds. The number of nitro benzene ring substituents is 1. The van der Waals surface area contributed by atoms with Crippen LogP contribution < -0.4 is 5.32 Å². The molecule has 1 atom stereocenters. The van der Waals surface area contributed by atoms with Gasteiger partial charge in [0.1, 0.15) is 5.56 Å². The number of nitrogens with one attached hydrogen (secondary N) is 1. The maximum absolute atomic E-state index is 12.8. The molecule has 0 aromatic heterocycles. The van der Waals surface area contributed by atoms with Crippen molar-refractivity contribution < 1.29 is 33.6 Å². The summed E-state index contributed by atoms with van der Waals surface area (Å²) in [6.07, 6.45) is -0.745. The van der Waals surface area contributed by atoms with E-state index in [4.69, 9.17) is 4.74 Å². The van der Waals surface area contributed by atoms with Gasteiger partial charge in [-0.25, -0.2) is 4.90 Å². The lowest BCUT2D eigenvalue weighted by molar-refractivity contribution is -0.385. The topological polar surface area (TPSA) is 153 Å². The highest BCUT2D eigenvalue weighted by Gasteiger charge is 2.59. The molecule has 0 radical (unpaired) electrons. The number of carbonyl (C=O) groups is 5. The zero-order valence-electron chi connectivity index (χ0n) is 13.3. The molecule has 11 heteroatoms. The number of carbonyl (C=O) groups excluding carboxylic acids is 5. The Bertz CT molecular complexity index is 908. The molecule has 1 aromatic carbocycles. The third-order valence-electron chi connectivity index (χ3n) is 4.06. The number of nitro groups is 1. The second kappa shape index (κ2) is 5.72. The molecule has 2 aliphatic rings. The number of benzene rings is 1. The van der Waals surface area contributed by atoms with Crippen molar-refractivity contribution in [1.29, 1.82) is 0 Å². The van der Waals surface area contributed by atoms with Crippen molar-refractivity contribution in [2.45, 2.75) is 25.5 Å². The predicted octanol–water partition coefficient (Wildman–Crippen LogP) is -0.113. The Labute approximate surface area is 145 Å². The summed E-state index contributed by atoms with van der Waals surface area (Å²) in [5, 5.41) is 13.1. The summed E-state index contributed by atoms with van der Waals surface area (Å²) in [7, 11) is 0. The van der Waals surface area contributed by atoms with Gasteiger partial charge < -0.3 is 4.74 Å². The summed E-state index contributed by atoms with van der Waals surface area (Å²) < 4.78 is 5.01. The number of hydrogen-bond acceptors (Lipinski definition) is 8. The Morgan fingerprint density at radius 2 is 1.96 bits per heavy atom. The Morgan fingerprint density at radius 3 is 2.54 bits per heavy atom. The van der Waals surface area contributed by atoms with Crippen molar-refractivity contribution in [3.05, 3.63) is 39.4 Å². The average molecular weight is 361 g/mol. The molecule has 1 aromatic rings. The largest absolute Gasteiger partial charge is 0.429 e. The fourth-order valence-electron chi connectivity index (χ4n) is 3.03. The molecule has 2 aliphatic heterocycles. The zero-order valence-corrected chi connectivity index (χ0v) is 13.3. The highest BCUT2D eigenvalue weighted by atomic mass is 16.6. The summed E-state index contributed by atoms with van der Waals surface area (Å²) in [5.41, 5.74) is -3.80. The van der Waals surface area contributed by atoms with Crippen molar-refractivity contribution in [2.75, 3.05) is 0 Å². The third-order valence-corrected chi connectivity index (χ3v) is 4.06. The molecule has 0 aliphatic carbocycles. The van der Waals surface area contributed by atoms with Crippen LogP contribution in [0.25, 0.3) is 0 Å². The van der Waals surface area contributed by atoms with Crippen LogP contribution in [0.3, 0.4) is 0 Å². The van der Waals surface area contributed by atoms with E-state index in [1.165, 1.54) is 12.1 Å². The number of rotatable bonds is 3. The van der Waals surface area contributed by atoms with Gasteiger partial charge in [-0.15, -0.1) is 0 Å². The minimum Gasteiger partial charge on any atom is -0.429 e. The molecule has 3 rings (SSSR count). The summed E-state index contributed by atoms with van der Waals surface area (Å²) in [5.74, 6) is -4.98. The number of imide groups is 2. The van der Waals surface area contributed by atoms with E-state index in [2.05, 4.69) is 0 Å². The molecule has 1 unspecified atom stereocenters. The van der Waals surface area contributed by atoms with Crippen LogP contribution in [0.15, 0.2) is 18.2 Å². The minimum atomic E-state index is -2.39. The first-order valence-corrected chi connectivity index (χ1v) is 7.39. The smallest absolute Gasteiger partial charge is 0.305 e. The normalized spacial score (nSPS) is 22.1. The number of fused-ring (bicyclic) bond motifs is 1. The fraction of sp³-hybridized carbons (Fsp3) is 0.267. The van der Waals surface area contributed by atoms with E-state index in [1.54, 1.807) is 0 Å². The Kier molecular flexibility index (Phi) is 3.78. The molecule has 26 heavy (non-hydrogen) atoms. The van der Waals surface area contributed by atoms with Crippen molar-refractivity contribution in [1.82, 2.24) is 10.2 Å². The Balaban J connectivity index is 2.17. The van der Waals surface area contributed by atoms with E-state index in [0.717, 1.165) is 13.0 Å². The van der Waals surface area contributed by atoms with Crippen LogP contribution in [0.1, 0.15) is 40.5 Å². The number of amides is 4. The standard InChI is InChI=1S/C15H11N3O8/c1-7(19)26-15(6-5-10(20)16-14(15)23)17-12(21)8-3-2-4-9(18(24)25)11(8)13(17)22/h2-4H,5-6H2,1H3,(H,16,20,23). The van der Waals surface area contributed by atoms with Crippen LogP contribution in [-0.4, -0.2) is 45.1 Å². The monoisotopic (exact) mass is 361 g/mol. The molecular weight excluding hydrogens is 350 g/mol. The van der Waals surface area contributed by atoms with Crippen molar-refractivity contribution in [3.8, 4) is 0 Å². The lowest BCUT2D eigenvalue weighted by Crippen LogP contribution is -2.66. The Hall–Kier alpha value is -3.63. The van der Waals surface area contributed by atoms with E-state index < -0.39 is 57.9 Å². The van der Waals surface area contributed by atoms with Gasteiger partial charge in [0.05, 0.1) is 10.5 Å². The van der Waals surface area contributed by atoms with Gasteiger partial charge in [-0.2, -0.15) is 0 Å². The fourth-order valence-corrected chi connectivity index (χ4v) is 3.03. The van der Waals surface area contributed by atoms with E-state index in [-0.39, 0.29) is 12.0 Å². The summed E-state index contributed by atoms with van der Waals surface area (Å²) >= 11 is 0. The van der Waals surface area contributed by atoms with Crippen molar-refractivity contribution >= 4 is 35.3 Å². The molecular formula is C15H11N3O8. The number of esters is 1. The minimum absolute atomic E-state index is 0.291. The van der Waals surface area contributed by atoms with Crippen LogP contribution >= 0.6 is 0 Å². The lowest BCUT2D eigenvalue weighted by atomic mass is 9.99. The second-order valence-corrected chi connectivity index (χ2v) is 5.66. The molecule has 1 fully saturated rings. The van der Waals surface area contributed by atoms with Gasteiger partial charge in [0.15, 0.2) is 0 Å². The SMILES string of the molecule is CC(=O)OC1(N2C(=O)c3cccc([N+](=O)[O-])c3C2=O)CCC(=O)NC1=O. The van der Waals surface area contributed by atoms with Crippen LogP contribution in [0.2, 0.25) is 0 Å². The summed E-state index contributed by atoms with van der Waals surface area (Å²) in [6, 6.07) is 3.45. The second-order valence-electron chi connectivity index (χ2n) is 5.66. The highest BCUT2D eigenvalue weighted by Crippen LogP contribution is 2.38. The van der Waals surface area contributed by atoms with Gasteiger partial charge in [0.2, 0.25) is 5.91 Å². The highest BCUT2D eigenvalue weighted by molar-refractivity contribution is 6.25. The average Bonchev–Trinajstić information content (AvgIpc) is 2.82. The van der Waals surface area contributed by atoms with Gasteiger partial charge in [0.25, 0.3) is 29.1 Å². The van der Waals surface area contributed by atoms with E-state index in [1.807, 2.05) is 5.32 Å². The van der Waals surface area contributed by atoms with E-state index in [9.17, 15) is 34.1 Å². The van der Waals surface area contributed by atoms with Crippen LogP contribution in [0.5, 0.6) is 0 Å². The van der Waals surface area contributed by atoms with Crippen molar-refractivity contribution in [2.24, 2.45) is 0 Å². The molecule has 0 saturated carbocycles. The molecule has 11 nitrogen and oxygen atoms in total. The Morgan fingerprint density at radius 1 is 1.27 bits per heavy atom. The third kappa shape index (κ3) is 2.32. The molecule has 0 bridgehead atoms. The van der Waals surface area contributed by atoms with Crippen LogP contribution in [0, 0.1) is 10.1 Å². The summed E-state index contributed by atoms with van der Waals surface area (Å²) in [4.78, 5) is 71.6. The van der Waals surface area contributed by atoms with Crippen LogP contribution in [-0.2, 0) is 19.1 Å². The molecule has 1 saturated heterocycles. The molecule has 134 valence electrons. The number of hydrogen-bond donors (Lipinski definition) is 1. The van der Waals surface area contributed by atoms with Gasteiger partial charge in [-0.3, -0.25) is 39.4 Å². The first-order valence-electron chi connectivity index (χ1n) is 7.39. The maximum Gasteiger partial charge on any atom is 0.305 e. The van der Waals surface area contributed by atoms with Gasteiger partial charge >= 0.3 is 5.97 Å². The molecule has 1 N–H and O–H groups in total. The van der Waals surface area contributed by atoms with E-state index in [0.29, 0.717) is 4.90 Å². The lowest BCUT2D eigenvalue weighted by Gasteiger charge is -2.39. The van der Waals surface area contributed by atoms with E-state index >= 15 is 0 Å². The van der Waals surface area contributed by atoms with Gasteiger partial charge in [-0.05, 0) is 6.07 Å².